The maximum Gasteiger partial charge on any atom is 0.285 e. The average molecular weight is 310 g/mol. The van der Waals surface area contributed by atoms with Crippen LogP contribution in [0.4, 0.5) is 5.69 Å². The number of hydrogen-bond donors (Lipinski definition) is 2. The number of benzene rings is 1. The highest BCUT2D eigenvalue weighted by Crippen LogP contribution is 2.17. The van der Waals surface area contributed by atoms with Crippen LogP contribution >= 0.6 is 15.9 Å². The summed E-state index contributed by atoms with van der Waals surface area (Å²) < 4.78 is 2.11. The zero-order valence-corrected chi connectivity index (χ0v) is 12.0. The summed E-state index contributed by atoms with van der Waals surface area (Å²) >= 11 is 3.35. The van der Waals surface area contributed by atoms with Crippen molar-refractivity contribution in [3.8, 4) is 5.69 Å². The Morgan fingerprint density at radius 1 is 1.44 bits per heavy atom. The van der Waals surface area contributed by atoms with E-state index in [4.69, 9.17) is 5.73 Å². The third kappa shape index (κ3) is 2.51. The molecule has 5 heteroatoms. The number of aromatic nitrogens is 2. The molecular formula is C13H16BrN3O. The number of nitrogens with zero attached hydrogens (tertiary/aromatic N) is 1. The topological polar surface area (TPSA) is 63.8 Å². The maximum absolute atomic E-state index is 12.1. The maximum atomic E-state index is 12.1. The Bertz CT molecular complexity index is 613. The number of nitrogens with two attached hydrogens (primary N) is 1. The summed E-state index contributed by atoms with van der Waals surface area (Å²) in [7, 11) is 0. The van der Waals surface area contributed by atoms with E-state index in [1.165, 1.54) is 4.68 Å². The molecular weight excluding hydrogens is 294 g/mol. The van der Waals surface area contributed by atoms with Crippen LogP contribution in [0.2, 0.25) is 0 Å². The van der Waals surface area contributed by atoms with E-state index in [-0.39, 0.29) is 5.56 Å². The molecule has 1 heterocycles. The summed E-state index contributed by atoms with van der Waals surface area (Å²) in [5.41, 5.74) is 7.94. The van der Waals surface area contributed by atoms with Crippen molar-refractivity contribution in [3.05, 3.63) is 44.8 Å². The van der Waals surface area contributed by atoms with Gasteiger partial charge < -0.3 is 5.73 Å². The van der Waals surface area contributed by atoms with E-state index in [1.807, 2.05) is 12.1 Å². The van der Waals surface area contributed by atoms with Gasteiger partial charge in [-0.15, -0.1) is 0 Å². The van der Waals surface area contributed by atoms with Crippen LogP contribution in [0.25, 0.3) is 5.69 Å². The van der Waals surface area contributed by atoms with Gasteiger partial charge in [-0.1, -0.05) is 19.9 Å². The van der Waals surface area contributed by atoms with E-state index in [0.717, 1.165) is 17.8 Å². The number of rotatable bonds is 3. The highest BCUT2D eigenvalue weighted by molar-refractivity contribution is 9.10. The van der Waals surface area contributed by atoms with E-state index < -0.39 is 0 Å². The molecule has 0 saturated carbocycles. The molecule has 4 nitrogen and oxygen atoms in total. The van der Waals surface area contributed by atoms with Gasteiger partial charge in [-0.05, 0) is 46.5 Å². The minimum Gasteiger partial charge on any atom is -0.399 e. The lowest BCUT2D eigenvalue weighted by molar-refractivity contribution is 0.626. The Kier molecular flexibility index (Phi) is 3.61. The van der Waals surface area contributed by atoms with Crippen molar-refractivity contribution < 1.29 is 0 Å². The summed E-state index contributed by atoms with van der Waals surface area (Å²) in [4.78, 5) is 12.1. The average Bonchev–Trinajstić information content (AvgIpc) is 2.57. The van der Waals surface area contributed by atoms with Gasteiger partial charge in [0.05, 0.1) is 11.4 Å². The highest BCUT2D eigenvalue weighted by atomic mass is 79.9. The molecule has 0 fully saturated rings. The number of anilines is 1. The predicted octanol–water partition coefficient (Wildman–Crippen LogP) is 2.71. The predicted molar refractivity (Wildman–Crippen MR) is 77.0 cm³/mol. The zero-order valence-electron chi connectivity index (χ0n) is 10.4. The van der Waals surface area contributed by atoms with Crippen molar-refractivity contribution in [2.24, 2.45) is 5.92 Å². The fraction of sp³-hybridized carbons (Fsp3) is 0.308. The van der Waals surface area contributed by atoms with Gasteiger partial charge in [0.15, 0.2) is 0 Å². The second-order valence-electron chi connectivity index (χ2n) is 4.74. The van der Waals surface area contributed by atoms with E-state index >= 15 is 0 Å². The van der Waals surface area contributed by atoms with Crippen LogP contribution in [0.5, 0.6) is 0 Å². The van der Waals surface area contributed by atoms with Gasteiger partial charge in [-0.2, -0.15) is 0 Å². The Morgan fingerprint density at radius 3 is 2.78 bits per heavy atom. The van der Waals surface area contributed by atoms with Crippen molar-refractivity contribution in [3.63, 3.8) is 0 Å². The molecule has 0 bridgehead atoms. The molecule has 0 saturated heterocycles. The van der Waals surface area contributed by atoms with Crippen molar-refractivity contribution in [1.29, 1.82) is 0 Å². The Morgan fingerprint density at radius 2 is 2.17 bits per heavy atom. The van der Waals surface area contributed by atoms with Gasteiger partial charge in [0.2, 0.25) is 0 Å². The number of hydrogen-bond acceptors (Lipinski definition) is 2. The van der Waals surface area contributed by atoms with Crippen molar-refractivity contribution in [2.75, 3.05) is 5.73 Å². The van der Waals surface area contributed by atoms with Crippen LogP contribution in [-0.4, -0.2) is 9.78 Å². The molecule has 2 aromatic rings. The van der Waals surface area contributed by atoms with Crippen LogP contribution < -0.4 is 11.3 Å². The largest absolute Gasteiger partial charge is 0.399 e. The number of H-pyrrole nitrogens is 1. The molecule has 3 N–H and O–H groups in total. The molecule has 0 aliphatic heterocycles. The summed E-state index contributed by atoms with van der Waals surface area (Å²) in [6, 6.07) is 7.23. The van der Waals surface area contributed by atoms with E-state index in [0.29, 0.717) is 16.1 Å². The minimum absolute atomic E-state index is 0.0868. The standard InChI is InChI=1S/C13H16BrN3O/c1-8(2)6-11-12(14)13(18)17(16-11)10-5-3-4-9(15)7-10/h3-5,7-8,16H,6,15H2,1-2H3. The second-order valence-corrected chi connectivity index (χ2v) is 5.53. The molecule has 18 heavy (non-hydrogen) atoms. The van der Waals surface area contributed by atoms with Gasteiger partial charge in [0.25, 0.3) is 5.56 Å². The van der Waals surface area contributed by atoms with Gasteiger partial charge in [0.1, 0.15) is 4.47 Å². The fourth-order valence-corrected chi connectivity index (χ4v) is 2.28. The van der Waals surface area contributed by atoms with Crippen LogP contribution in [0.3, 0.4) is 0 Å². The summed E-state index contributed by atoms with van der Waals surface area (Å²) in [5.74, 6) is 0.480. The molecule has 0 amide bonds. The SMILES string of the molecule is CC(C)Cc1[nH]n(-c2cccc(N)c2)c(=O)c1Br. The molecule has 0 aliphatic rings. The summed E-state index contributed by atoms with van der Waals surface area (Å²) in [6.07, 6.45) is 0.825. The highest BCUT2D eigenvalue weighted by Gasteiger charge is 2.13. The first-order valence-corrected chi connectivity index (χ1v) is 6.63. The molecule has 0 unspecified atom stereocenters. The van der Waals surface area contributed by atoms with Crippen LogP contribution in [0, 0.1) is 5.92 Å². The number of aromatic amines is 1. The number of nitrogen functional groups attached to an aromatic ring is 1. The smallest absolute Gasteiger partial charge is 0.285 e. The van der Waals surface area contributed by atoms with Crippen LogP contribution in [-0.2, 0) is 6.42 Å². The first-order valence-electron chi connectivity index (χ1n) is 5.84. The minimum atomic E-state index is -0.0868. The Balaban J connectivity index is 2.49. The molecule has 0 radical (unpaired) electrons. The van der Waals surface area contributed by atoms with Gasteiger partial charge in [-0.3, -0.25) is 9.89 Å². The van der Waals surface area contributed by atoms with Crippen molar-refractivity contribution in [2.45, 2.75) is 20.3 Å². The molecule has 0 aliphatic carbocycles. The second kappa shape index (κ2) is 5.02. The molecule has 0 spiro atoms. The van der Waals surface area contributed by atoms with Crippen molar-refractivity contribution in [1.82, 2.24) is 9.78 Å². The molecule has 96 valence electrons. The normalized spacial score (nSPS) is 11.1. The number of halogens is 1. The lowest BCUT2D eigenvalue weighted by Crippen LogP contribution is -2.14. The third-order valence-corrected chi connectivity index (χ3v) is 3.46. The van der Waals surface area contributed by atoms with E-state index in [2.05, 4.69) is 34.9 Å². The van der Waals surface area contributed by atoms with E-state index in [1.54, 1.807) is 12.1 Å². The molecule has 1 aromatic heterocycles. The lowest BCUT2D eigenvalue weighted by Gasteiger charge is -2.04. The van der Waals surface area contributed by atoms with Gasteiger partial charge in [-0.25, -0.2) is 4.68 Å². The molecule has 2 rings (SSSR count). The third-order valence-electron chi connectivity index (χ3n) is 2.64. The van der Waals surface area contributed by atoms with Crippen LogP contribution in [0.15, 0.2) is 33.5 Å². The van der Waals surface area contributed by atoms with E-state index in [9.17, 15) is 4.79 Å². The van der Waals surface area contributed by atoms with Gasteiger partial charge in [0, 0.05) is 5.69 Å². The Labute approximate surface area is 114 Å². The summed E-state index contributed by atoms with van der Waals surface area (Å²) in [5, 5.41) is 3.13. The Hall–Kier alpha value is -1.49. The monoisotopic (exact) mass is 309 g/mol. The number of nitrogens with one attached hydrogen (secondary N) is 1. The van der Waals surface area contributed by atoms with Crippen molar-refractivity contribution >= 4 is 21.6 Å². The fourth-order valence-electron chi connectivity index (χ4n) is 1.85. The van der Waals surface area contributed by atoms with Gasteiger partial charge >= 0.3 is 0 Å². The first kappa shape index (κ1) is 13.0. The summed E-state index contributed by atoms with van der Waals surface area (Å²) in [6.45, 7) is 4.23. The van der Waals surface area contributed by atoms with Crippen LogP contribution in [0.1, 0.15) is 19.5 Å². The zero-order chi connectivity index (χ0) is 13.3. The molecule has 0 atom stereocenters. The molecule has 1 aromatic carbocycles. The first-order chi connectivity index (χ1) is 8.49. The lowest BCUT2D eigenvalue weighted by atomic mass is 10.1. The quantitative estimate of drug-likeness (QED) is 0.856.